The van der Waals surface area contributed by atoms with Crippen LogP contribution in [-0.2, 0) is 42.9 Å². The number of aliphatic hydroxyl groups is 1. The number of hydrogen-bond acceptors (Lipinski definition) is 10. The van der Waals surface area contributed by atoms with Gasteiger partial charge in [0.25, 0.3) is 5.79 Å². The second kappa shape index (κ2) is 9.65. The minimum atomic E-state index is -1.95. The Labute approximate surface area is 162 Å². The van der Waals surface area contributed by atoms with Gasteiger partial charge < -0.3 is 28.8 Å². The summed E-state index contributed by atoms with van der Waals surface area (Å²) in [7, 11) is 0. The summed E-state index contributed by atoms with van der Waals surface area (Å²) in [5.74, 6) is -5.03. The van der Waals surface area contributed by atoms with Crippen molar-refractivity contribution in [1.82, 2.24) is 0 Å². The molecule has 1 fully saturated rings. The second-order valence-electron chi connectivity index (χ2n) is 6.56. The average Bonchev–Trinajstić information content (AvgIpc) is 2.50. The molecule has 0 saturated carbocycles. The number of carbonyl (C=O) groups excluding carboxylic acids is 4. The van der Waals surface area contributed by atoms with Crippen molar-refractivity contribution in [3.63, 3.8) is 0 Å². The van der Waals surface area contributed by atoms with Crippen LogP contribution in [-0.4, -0.2) is 65.8 Å². The monoisotopic (exact) mass is 402 g/mol. The summed E-state index contributed by atoms with van der Waals surface area (Å²) in [6, 6.07) is 0. The molecule has 0 spiro atoms. The largest absolute Gasteiger partial charge is 0.456 e. The Hall–Kier alpha value is -2.46. The van der Waals surface area contributed by atoms with E-state index in [1.165, 1.54) is 0 Å². The Morgan fingerprint density at radius 2 is 1.39 bits per heavy atom. The van der Waals surface area contributed by atoms with Crippen molar-refractivity contribution in [2.75, 3.05) is 6.61 Å². The molecule has 1 aliphatic heterocycles. The SMILES string of the molecule is C=C(C)C[C@@]1(OC(C)=O)O[C@H](CO)[C@H](OC(C)=O)[C@H](OC(C)=O)[C@H]1OC(C)=O. The van der Waals surface area contributed by atoms with Crippen molar-refractivity contribution in [2.24, 2.45) is 0 Å². The number of esters is 4. The first-order valence-electron chi connectivity index (χ1n) is 8.56. The standard InChI is InChI=1S/C18H26O10/c1-9(2)7-18(27-13(6)23)17(26-12(5)22)16(25-11(4)21)15(24-10(3)20)14(8-19)28-18/h14-17,19H,1,7-8H2,2-6H3/t14-,15+,16+,17-,18-/m1/s1. The van der Waals surface area contributed by atoms with Gasteiger partial charge in [0.15, 0.2) is 12.2 Å². The zero-order valence-corrected chi connectivity index (χ0v) is 16.6. The fourth-order valence-electron chi connectivity index (χ4n) is 3.08. The highest BCUT2D eigenvalue weighted by molar-refractivity contribution is 5.69. The van der Waals surface area contributed by atoms with E-state index >= 15 is 0 Å². The number of ether oxygens (including phenoxy) is 5. The molecule has 10 nitrogen and oxygen atoms in total. The molecule has 1 rings (SSSR count). The average molecular weight is 402 g/mol. The molecule has 1 heterocycles. The summed E-state index contributed by atoms with van der Waals surface area (Å²) in [6.45, 7) is 9.13. The Kier molecular flexibility index (Phi) is 8.13. The first kappa shape index (κ1) is 23.6. The lowest BCUT2D eigenvalue weighted by Gasteiger charge is -2.50. The molecule has 0 aromatic carbocycles. The van der Waals surface area contributed by atoms with Crippen molar-refractivity contribution in [3.8, 4) is 0 Å². The highest BCUT2D eigenvalue weighted by Gasteiger charge is 2.61. The van der Waals surface area contributed by atoms with Crippen molar-refractivity contribution >= 4 is 23.9 Å². The minimum absolute atomic E-state index is 0.133. The molecule has 1 aliphatic rings. The van der Waals surface area contributed by atoms with Crippen LogP contribution < -0.4 is 0 Å². The lowest BCUT2D eigenvalue weighted by atomic mass is 9.88. The number of carbonyl (C=O) groups is 4. The van der Waals surface area contributed by atoms with Crippen LogP contribution in [0.1, 0.15) is 41.0 Å². The van der Waals surface area contributed by atoms with Gasteiger partial charge in [-0.25, -0.2) is 0 Å². The van der Waals surface area contributed by atoms with Gasteiger partial charge in [0.2, 0.25) is 6.10 Å². The van der Waals surface area contributed by atoms with E-state index < -0.39 is 60.7 Å². The Morgan fingerprint density at radius 1 is 0.893 bits per heavy atom. The summed E-state index contributed by atoms with van der Waals surface area (Å²) < 4.78 is 26.9. The first-order chi connectivity index (χ1) is 12.9. The lowest BCUT2D eigenvalue weighted by molar-refractivity contribution is -0.352. The molecule has 1 N–H and O–H groups in total. The topological polar surface area (TPSA) is 135 Å². The Morgan fingerprint density at radius 3 is 1.79 bits per heavy atom. The van der Waals surface area contributed by atoms with Crippen molar-refractivity contribution < 1.29 is 48.0 Å². The van der Waals surface area contributed by atoms with Crippen LogP contribution >= 0.6 is 0 Å². The molecule has 0 radical (unpaired) electrons. The normalized spacial score (nSPS) is 29.4. The van der Waals surface area contributed by atoms with E-state index in [1.807, 2.05) is 0 Å². The summed E-state index contributed by atoms with van der Waals surface area (Å²) in [6.07, 6.45) is -5.58. The van der Waals surface area contributed by atoms with Gasteiger partial charge in [-0.05, 0) is 6.92 Å². The number of rotatable bonds is 7. The highest BCUT2D eigenvalue weighted by atomic mass is 16.8. The van der Waals surface area contributed by atoms with Crippen molar-refractivity contribution in [2.45, 2.75) is 71.2 Å². The summed E-state index contributed by atoms with van der Waals surface area (Å²) >= 11 is 0. The van der Waals surface area contributed by atoms with Gasteiger partial charge in [-0.1, -0.05) is 12.2 Å². The maximum absolute atomic E-state index is 11.8. The number of hydrogen-bond donors (Lipinski definition) is 1. The van der Waals surface area contributed by atoms with Crippen molar-refractivity contribution in [3.05, 3.63) is 12.2 Å². The third kappa shape index (κ3) is 6.03. The molecule has 1 saturated heterocycles. The van der Waals surface area contributed by atoms with Crippen LogP contribution in [0, 0.1) is 0 Å². The lowest BCUT2D eigenvalue weighted by Crippen LogP contribution is -2.69. The van der Waals surface area contributed by atoms with E-state index in [9.17, 15) is 24.3 Å². The van der Waals surface area contributed by atoms with E-state index in [0.717, 1.165) is 27.7 Å². The van der Waals surface area contributed by atoms with E-state index in [4.69, 9.17) is 23.7 Å². The fraction of sp³-hybridized carbons (Fsp3) is 0.667. The van der Waals surface area contributed by atoms with Gasteiger partial charge in [0, 0.05) is 34.1 Å². The molecule has 28 heavy (non-hydrogen) atoms. The number of aliphatic hydroxyl groups excluding tert-OH is 1. The maximum atomic E-state index is 11.8. The molecule has 0 aromatic rings. The first-order valence-corrected chi connectivity index (χ1v) is 8.56. The van der Waals surface area contributed by atoms with E-state index in [-0.39, 0.29) is 6.42 Å². The van der Waals surface area contributed by atoms with Gasteiger partial charge in [0.1, 0.15) is 6.10 Å². The predicted octanol–water partition coefficient (Wildman–Crippen LogP) is 0.398. The predicted molar refractivity (Wildman–Crippen MR) is 92.5 cm³/mol. The van der Waals surface area contributed by atoms with E-state index in [1.54, 1.807) is 6.92 Å². The second-order valence-corrected chi connectivity index (χ2v) is 6.56. The molecular weight excluding hydrogens is 376 g/mol. The van der Waals surface area contributed by atoms with Crippen LogP contribution in [0.2, 0.25) is 0 Å². The van der Waals surface area contributed by atoms with Gasteiger partial charge in [-0.15, -0.1) is 0 Å². The van der Waals surface area contributed by atoms with Crippen LogP contribution in [0.15, 0.2) is 12.2 Å². The van der Waals surface area contributed by atoms with Crippen LogP contribution in [0.5, 0.6) is 0 Å². The molecule has 0 amide bonds. The zero-order chi connectivity index (χ0) is 21.6. The summed E-state index contributed by atoms with van der Waals surface area (Å²) in [4.78, 5) is 46.8. The third-order valence-electron chi connectivity index (χ3n) is 3.71. The molecule has 0 unspecified atom stereocenters. The van der Waals surface area contributed by atoms with Gasteiger partial charge in [-0.2, -0.15) is 0 Å². The quantitative estimate of drug-likeness (QED) is 0.362. The third-order valence-corrected chi connectivity index (χ3v) is 3.71. The van der Waals surface area contributed by atoms with Gasteiger partial charge in [-0.3, -0.25) is 19.2 Å². The fourth-order valence-corrected chi connectivity index (χ4v) is 3.08. The molecule has 10 heteroatoms. The zero-order valence-electron chi connectivity index (χ0n) is 16.6. The molecule has 158 valence electrons. The van der Waals surface area contributed by atoms with Crippen LogP contribution in [0.25, 0.3) is 0 Å². The molecule has 0 aromatic heterocycles. The highest BCUT2D eigenvalue weighted by Crippen LogP contribution is 2.40. The molecule has 0 bridgehead atoms. The van der Waals surface area contributed by atoms with Gasteiger partial charge in [0.05, 0.1) is 6.61 Å². The molecule has 5 atom stereocenters. The maximum Gasteiger partial charge on any atom is 0.305 e. The summed E-state index contributed by atoms with van der Waals surface area (Å²) in [5, 5.41) is 9.77. The molecule has 0 aliphatic carbocycles. The van der Waals surface area contributed by atoms with E-state index in [0.29, 0.717) is 5.57 Å². The summed E-state index contributed by atoms with van der Waals surface area (Å²) in [5.41, 5.74) is 0.489. The van der Waals surface area contributed by atoms with Crippen LogP contribution in [0.3, 0.4) is 0 Å². The Bertz CT molecular complexity index is 624. The smallest absolute Gasteiger partial charge is 0.305 e. The Balaban J connectivity index is 3.60. The van der Waals surface area contributed by atoms with Crippen LogP contribution in [0.4, 0.5) is 0 Å². The van der Waals surface area contributed by atoms with E-state index in [2.05, 4.69) is 6.58 Å². The van der Waals surface area contributed by atoms with Crippen molar-refractivity contribution in [1.29, 1.82) is 0 Å². The molecular formula is C18H26O10. The van der Waals surface area contributed by atoms with Gasteiger partial charge >= 0.3 is 23.9 Å². The minimum Gasteiger partial charge on any atom is -0.456 e.